The fraction of sp³-hybridized carbons (Fsp3) is 0.969. The Morgan fingerprint density at radius 2 is 1.22 bits per heavy atom. The number of nitrogens with one attached hydrogen (secondary N) is 1. The summed E-state index contributed by atoms with van der Waals surface area (Å²) >= 11 is 1.78. The fourth-order valence-corrected chi connectivity index (χ4v) is 6.39. The van der Waals surface area contributed by atoms with E-state index in [0.29, 0.717) is 23.2 Å². The molecule has 0 aromatic carbocycles. The van der Waals surface area contributed by atoms with Gasteiger partial charge < -0.3 is 14.7 Å². The van der Waals surface area contributed by atoms with E-state index in [1.54, 1.807) is 11.8 Å². The SMILES string of the molecule is CCCCCCCCCCCCCCCCSC[C@H](COP(=O)(O)OCC[N+](C)(C)C)NC(=O)CCCCCCC. The Labute approximate surface area is 258 Å². The summed E-state index contributed by atoms with van der Waals surface area (Å²) in [5.41, 5.74) is 0. The lowest BCUT2D eigenvalue weighted by molar-refractivity contribution is -0.870. The van der Waals surface area contributed by atoms with E-state index in [1.165, 1.54) is 96.3 Å². The molecule has 0 saturated carbocycles. The molecule has 2 N–H and O–H groups in total. The smallest absolute Gasteiger partial charge is 0.350 e. The number of carbonyl (C=O) groups excluding carboxylic acids is 1. The lowest BCUT2D eigenvalue weighted by Gasteiger charge is -2.24. The fourth-order valence-electron chi connectivity index (χ4n) is 4.60. The number of phosphoric acid groups is 1. The van der Waals surface area contributed by atoms with Gasteiger partial charge in [-0.3, -0.25) is 13.8 Å². The van der Waals surface area contributed by atoms with Crippen LogP contribution in [0.2, 0.25) is 0 Å². The molecule has 0 fully saturated rings. The number of phosphoric ester groups is 1. The third-order valence-electron chi connectivity index (χ3n) is 7.29. The zero-order valence-corrected chi connectivity index (χ0v) is 29.3. The zero-order chi connectivity index (χ0) is 30.7. The topological polar surface area (TPSA) is 84.9 Å². The Kier molecular flexibility index (Phi) is 27.4. The Bertz CT molecular complexity index is 648. The summed E-state index contributed by atoms with van der Waals surface area (Å²) in [6, 6.07) is -0.308. The highest BCUT2D eigenvalue weighted by Crippen LogP contribution is 2.43. The summed E-state index contributed by atoms with van der Waals surface area (Å²) < 4.78 is 23.5. The van der Waals surface area contributed by atoms with Gasteiger partial charge in [0.25, 0.3) is 0 Å². The third-order valence-corrected chi connectivity index (χ3v) is 9.49. The summed E-state index contributed by atoms with van der Waals surface area (Å²) in [6.45, 7) is 5.17. The summed E-state index contributed by atoms with van der Waals surface area (Å²) in [5.74, 6) is 1.68. The van der Waals surface area contributed by atoms with E-state index >= 15 is 0 Å². The van der Waals surface area contributed by atoms with Gasteiger partial charge in [-0.15, -0.1) is 0 Å². The molecule has 7 nitrogen and oxygen atoms in total. The number of carbonyl (C=O) groups is 1. The molecule has 41 heavy (non-hydrogen) atoms. The minimum absolute atomic E-state index is 0.00841. The van der Waals surface area contributed by atoms with Crippen molar-refractivity contribution in [2.24, 2.45) is 0 Å². The molecule has 0 aliphatic heterocycles. The summed E-state index contributed by atoms with van der Waals surface area (Å²) in [4.78, 5) is 22.6. The van der Waals surface area contributed by atoms with Crippen LogP contribution < -0.4 is 5.32 Å². The number of thioether (sulfide) groups is 1. The van der Waals surface area contributed by atoms with Gasteiger partial charge in [0, 0.05) is 12.2 Å². The van der Waals surface area contributed by atoms with Crippen molar-refractivity contribution in [2.45, 2.75) is 148 Å². The molecular weight excluding hydrogens is 555 g/mol. The van der Waals surface area contributed by atoms with E-state index in [2.05, 4.69) is 19.2 Å². The molecule has 0 saturated heterocycles. The number of amides is 1. The van der Waals surface area contributed by atoms with Gasteiger partial charge in [-0.1, -0.05) is 123 Å². The normalized spacial score (nSPS) is 14.2. The van der Waals surface area contributed by atoms with Gasteiger partial charge in [0.2, 0.25) is 5.91 Å². The lowest BCUT2D eigenvalue weighted by atomic mass is 10.0. The quantitative estimate of drug-likeness (QED) is 0.0456. The van der Waals surface area contributed by atoms with Gasteiger partial charge in [-0.2, -0.15) is 11.8 Å². The van der Waals surface area contributed by atoms with E-state index in [4.69, 9.17) is 9.05 Å². The molecule has 246 valence electrons. The van der Waals surface area contributed by atoms with Crippen LogP contribution in [0.4, 0.5) is 0 Å². The van der Waals surface area contributed by atoms with Crippen molar-refractivity contribution in [1.29, 1.82) is 0 Å². The molecule has 0 radical (unpaired) electrons. The molecule has 2 atom stereocenters. The molecule has 0 aromatic rings. The summed E-state index contributed by atoms with van der Waals surface area (Å²) in [7, 11) is 1.83. The number of hydrogen-bond donors (Lipinski definition) is 2. The van der Waals surface area contributed by atoms with E-state index in [-0.39, 0.29) is 25.2 Å². The van der Waals surface area contributed by atoms with Gasteiger partial charge >= 0.3 is 7.82 Å². The molecule has 0 spiro atoms. The summed E-state index contributed by atoms with van der Waals surface area (Å²) in [6.07, 6.45) is 24.9. The number of rotatable bonds is 31. The Balaban J connectivity index is 4.18. The maximum Gasteiger partial charge on any atom is 0.472 e. The predicted octanol–water partition coefficient (Wildman–Crippen LogP) is 8.89. The molecule has 1 amide bonds. The molecule has 0 aliphatic rings. The molecule has 0 bridgehead atoms. The van der Waals surface area contributed by atoms with Crippen LogP contribution in [0, 0.1) is 0 Å². The Hall–Kier alpha value is -0.110. The minimum atomic E-state index is -4.16. The van der Waals surface area contributed by atoms with Crippen LogP contribution in [0.5, 0.6) is 0 Å². The van der Waals surface area contributed by atoms with E-state index < -0.39 is 7.82 Å². The molecule has 0 aliphatic carbocycles. The number of hydrogen-bond acceptors (Lipinski definition) is 5. The van der Waals surface area contributed by atoms with Crippen molar-refractivity contribution >= 4 is 25.5 Å². The van der Waals surface area contributed by atoms with Crippen molar-refractivity contribution in [3.05, 3.63) is 0 Å². The number of unbranched alkanes of at least 4 members (excludes halogenated alkanes) is 17. The highest BCUT2D eigenvalue weighted by molar-refractivity contribution is 7.99. The van der Waals surface area contributed by atoms with Gasteiger partial charge in [0.05, 0.1) is 33.8 Å². The van der Waals surface area contributed by atoms with Crippen molar-refractivity contribution in [3.63, 3.8) is 0 Å². The average molecular weight is 624 g/mol. The lowest BCUT2D eigenvalue weighted by Crippen LogP contribution is -2.40. The summed E-state index contributed by atoms with van der Waals surface area (Å²) in [5, 5.41) is 3.04. The number of quaternary nitrogens is 1. The van der Waals surface area contributed by atoms with Crippen molar-refractivity contribution in [2.75, 3.05) is 52.4 Å². The second kappa shape index (κ2) is 27.4. The van der Waals surface area contributed by atoms with Crippen LogP contribution in [0.1, 0.15) is 142 Å². The maximum atomic E-state index is 12.5. The minimum Gasteiger partial charge on any atom is -0.350 e. The molecule has 0 heterocycles. The van der Waals surface area contributed by atoms with Crippen LogP contribution in [0.15, 0.2) is 0 Å². The van der Waals surface area contributed by atoms with E-state index in [9.17, 15) is 14.3 Å². The van der Waals surface area contributed by atoms with Crippen LogP contribution in [0.25, 0.3) is 0 Å². The van der Waals surface area contributed by atoms with Gasteiger partial charge in [-0.05, 0) is 18.6 Å². The zero-order valence-electron chi connectivity index (χ0n) is 27.6. The largest absolute Gasteiger partial charge is 0.472 e. The second-order valence-corrected chi connectivity index (χ2v) is 15.3. The number of likely N-dealkylation sites (N-methyl/N-ethyl adjacent to an activating group) is 1. The monoisotopic (exact) mass is 623 g/mol. The Morgan fingerprint density at radius 3 is 1.71 bits per heavy atom. The number of nitrogens with zero attached hydrogens (tertiary/aromatic N) is 1. The first-order chi connectivity index (χ1) is 19.6. The van der Waals surface area contributed by atoms with Crippen LogP contribution in [-0.2, 0) is 18.4 Å². The first-order valence-corrected chi connectivity index (χ1v) is 19.5. The van der Waals surface area contributed by atoms with Gasteiger partial charge in [-0.25, -0.2) is 4.57 Å². The average Bonchev–Trinajstić information content (AvgIpc) is 2.90. The highest BCUT2D eigenvalue weighted by Gasteiger charge is 2.25. The first kappa shape index (κ1) is 40.9. The maximum absolute atomic E-state index is 12.5. The van der Waals surface area contributed by atoms with Gasteiger partial charge in [0.15, 0.2) is 0 Å². The van der Waals surface area contributed by atoms with E-state index in [1.807, 2.05) is 21.1 Å². The molecular formula is C32H68N2O5PS+. The van der Waals surface area contributed by atoms with Gasteiger partial charge in [0.1, 0.15) is 13.2 Å². The molecule has 9 heteroatoms. The Morgan fingerprint density at radius 1 is 0.756 bits per heavy atom. The highest BCUT2D eigenvalue weighted by atomic mass is 32.2. The van der Waals surface area contributed by atoms with Crippen molar-refractivity contribution in [3.8, 4) is 0 Å². The molecule has 1 unspecified atom stereocenters. The molecule has 0 aromatic heterocycles. The predicted molar refractivity (Wildman–Crippen MR) is 178 cm³/mol. The second-order valence-electron chi connectivity index (χ2n) is 12.7. The van der Waals surface area contributed by atoms with Crippen LogP contribution in [-0.4, -0.2) is 73.7 Å². The third kappa shape index (κ3) is 31.1. The van der Waals surface area contributed by atoms with E-state index in [0.717, 1.165) is 31.4 Å². The van der Waals surface area contributed by atoms with Crippen molar-refractivity contribution < 1.29 is 27.8 Å². The van der Waals surface area contributed by atoms with Crippen LogP contribution in [0.3, 0.4) is 0 Å². The standard InChI is InChI=1S/C32H67N2O5PS/c1-6-8-10-12-13-14-15-16-17-18-19-20-22-24-28-41-30-31(33-32(35)25-23-21-11-9-7-2)29-39-40(36,37)38-27-26-34(3,4)5/h31H,6-30H2,1-5H3,(H-,33,35,36,37)/p+1/t31-/m0/s1. The van der Waals surface area contributed by atoms with Crippen LogP contribution >= 0.6 is 19.6 Å². The first-order valence-electron chi connectivity index (χ1n) is 16.9. The molecule has 0 rings (SSSR count). The van der Waals surface area contributed by atoms with Crippen molar-refractivity contribution in [1.82, 2.24) is 5.32 Å².